The van der Waals surface area contributed by atoms with Crippen molar-refractivity contribution in [3.05, 3.63) is 59.7 Å². The molecule has 178 valence electrons. The van der Waals surface area contributed by atoms with Crippen molar-refractivity contribution in [2.45, 2.75) is 63.1 Å². The Morgan fingerprint density at radius 2 is 1.56 bits per heavy atom. The fourth-order valence-corrected chi connectivity index (χ4v) is 6.04. The van der Waals surface area contributed by atoms with Gasteiger partial charge in [0.15, 0.2) is 0 Å². The van der Waals surface area contributed by atoms with E-state index in [-0.39, 0.29) is 30.5 Å². The van der Waals surface area contributed by atoms with Crippen LogP contribution in [0.15, 0.2) is 48.5 Å². The highest BCUT2D eigenvalue weighted by Crippen LogP contribution is 2.44. The molecule has 2 heterocycles. The third kappa shape index (κ3) is 3.93. The van der Waals surface area contributed by atoms with Crippen molar-refractivity contribution >= 4 is 18.0 Å². The Labute approximate surface area is 199 Å². The Morgan fingerprint density at radius 1 is 1.00 bits per heavy atom. The molecule has 0 saturated carbocycles. The molecule has 3 aliphatic rings. The lowest BCUT2D eigenvalue weighted by Gasteiger charge is -2.39. The summed E-state index contributed by atoms with van der Waals surface area (Å²) in [4.78, 5) is 39.3. The number of carboxylic acid groups (broad SMARTS) is 1. The van der Waals surface area contributed by atoms with Gasteiger partial charge in [0.1, 0.15) is 12.6 Å². The van der Waals surface area contributed by atoms with Crippen molar-refractivity contribution in [3.8, 4) is 11.1 Å². The Hall–Kier alpha value is -3.35. The van der Waals surface area contributed by atoms with E-state index in [1.165, 1.54) is 0 Å². The standard InChI is InChI=1S/C27H30N2O5/c1-2-24(25(30)29-17-11-12-18(29)14-16(13-17)26(31)32)28-27(33)34-15-23-21-9-5-3-7-19(21)20-8-4-6-10-22(20)23/h3-10,16-18,23-24H,2,11-15H2,1H3,(H,28,33)(H,31,32)/t16?,17?,18?,24-/m1/s1. The molecule has 2 aromatic rings. The first-order chi connectivity index (χ1) is 16.5. The van der Waals surface area contributed by atoms with Gasteiger partial charge in [0, 0.05) is 18.0 Å². The molecule has 2 aliphatic heterocycles. The SMILES string of the molecule is CC[C@@H](NC(=O)OCC1c2ccccc2-c2ccccc21)C(=O)N1C2CCC1CC(C(=O)O)C2. The van der Waals surface area contributed by atoms with Gasteiger partial charge in [-0.1, -0.05) is 55.5 Å². The van der Waals surface area contributed by atoms with Gasteiger partial charge in [-0.3, -0.25) is 9.59 Å². The summed E-state index contributed by atoms with van der Waals surface area (Å²) in [6, 6.07) is 15.5. The lowest BCUT2D eigenvalue weighted by molar-refractivity contribution is -0.149. The number of rotatable bonds is 6. The van der Waals surface area contributed by atoms with Gasteiger partial charge in [-0.25, -0.2) is 4.79 Å². The Bertz CT molecular complexity index is 1060. The fraction of sp³-hybridized carbons (Fsp3) is 0.444. The van der Waals surface area contributed by atoms with Gasteiger partial charge in [-0.2, -0.15) is 0 Å². The van der Waals surface area contributed by atoms with E-state index in [1.807, 2.05) is 36.1 Å². The van der Waals surface area contributed by atoms with Crippen molar-refractivity contribution in [1.29, 1.82) is 0 Å². The number of hydrogen-bond acceptors (Lipinski definition) is 4. The van der Waals surface area contributed by atoms with Crippen LogP contribution in [0, 0.1) is 5.92 Å². The number of amides is 2. The molecular formula is C27H30N2O5. The van der Waals surface area contributed by atoms with E-state index >= 15 is 0 Å². The summed E-state index contributed by atoms with van der Waals surface area (Å²) in [5.74, 6) is -1.35. The Kier molecular flexibility index (Phi) is 6.02. The maximum Gasteiger partial charge on any atom is 0.407 e. The molecule has 0 radical (unpaired) electrons. The zero-order valence-corrected chi connectivity index (χ0v) is 19.3. The monoisotopic (exact) mass is 462 g/mol. The smallest absolute Gasteiger partial charge is 0.407 e. The van der Waals surface area contributed by atoms with Crippen LogP contribution in [0.5, 0.6) is 0 Å². The molecule has 2 unspecified atom stereocenters. The minimum atomic E-state index is -0.784. The molecule has 2 fully saturated rings. The third-order valence-electron chi connectivity index (χ3n) is 7.68. The van der Waals surface area contributed by atoms with Crippen LogP contribution >= 0.6 is 0 Å². The summed E-state index contributed by atoms with van der Waals surface area (Å²) in [6.45, 7) is 2.05. The normalized spacial score (nSPS) is 23.7. The average molecular weight is 463 g/mol. The van der Waals surface area contributed by atoms with Gasteiger partial charge in [0.2, 0.25) is 5.91 Å². The molecule has 5 rings (SSSR count). The number of fused-ring (bicyclic) bond motifs is 5. The number of aliphatic carboxylic acids is 1. The van der Waals surface area contributed by atoms with E-state index in [0.29, 0.717) is 19.3 Å². The molecule has 2 aromatic carbocycles. The number of alkyl carbamates (subject to hydrolysis) is 1. The number of carbonyl (C=O) groups is 3. The predicted octanol–water partition coefficient (Wildman–Crippen LogP) is 4.16. The van der Waals surface area contributed by atoms with Gasteiger partial charge in [0.25, 0.3) is 0 Å². The average Bonchev–Trinajstić information content (AvgIpc) is 3.31. The summed E-state index contributed by atoms with van der Waals surface area (Å²) in [5, 5.41) is 12.2. The van der Waals surface area contributed by atoms with Crippen molar-refractivity contribution in [2.24, 2.45) is 5.92 Å². The molecule has 7 heteroatoms. The first-order valence-electron chi connectivity index (χ1n) is 12.1. The molecule has 0 aromatic heterocycles. The van der Waals surface area contributed by atoms with Crippen molar-refractivity contribution < 1.29 is 24.2 Å². The van der Waals surface area contributed by atoms with Crippen LogP contribution in [0.25, 0.3) is 11.1 Å². The van der Waals surface area contributed by atoms with Crippen LogP contribution in [0.1, 0.15) is 56.1 Å². The van der Waals surface area contributed by atoms with Gasteiger partial charge < -0.3 is 20.1 Å². The second-order valence-electron chi connectivity index (χ2n) is 9.57. The topological polar surface area (TPSA) is 95.9 Å². The van der Waals surface area contributed by atoms with Gasteiger partial charge in [-0.15, -0.1) is 0 Å². The summed E-state index contributed by atoms with van der Waals surface area (Å²) in [5.41, 5.74) is 4.60. The number of ether oxygens (including phenoxy) is 1. The number of carbonyl (C=O) groups excluding carboxylic acids is 2. The molecule has 3 atom stereocenters. The Balaban J connectivity index is 1.23. The number of hydrogen-bond donors (Lipinski definition) is 2. The highest BCUT2D eigenvalue weighted by atomic mass is 16.5. The van der Waals surface area contributed by atoms with Crippen molar-refractivity contribution in [1.82, 2.24) is 10.2 Å². The minimum absolute atomic E-state index is 0.0418. The fourth-order valence-electron chi connectivity index (χ4n) is 6.04. The molecule has 2 N–H and O–H groups in total. The number of benzene rings is 2. The van der Waals surface area contributed by atoms with Gasteiger partial charge in [0.05, 0.1) is 5.92 Å². The van der Waals surface area contributed by atoms with E-state index < -0.39 is 24.0 Å². The van der Waals surface area contributed by atoms with Crippen molar-refractivity contribution in [2.75, 3.05) is 6.61 Å². The summed E-state index contributed by atoms with van der Waals surface area (Å²) < 4.78 is 5.63. The maximum absolute atomic E-state index is 13.3. The maximum atomic E-state index is 13.3. The number of nitrogens with zero attached hydrogens (tertiary/aromatic N) is 1. The molecule has 2 bridgehead atoms. The lowest BCUT2D eigenvalue weighted by Crippen LogP contribution is -2.55. The quantitative estimate of drug-likeness (QED) is 0.672. The second kappa shape index (κ2) is 9.12. The molecule has 0 spiro atoms. The highest BCUT2D eigenvalue weighted by molar-refractivity contribution is 5.87. The molecule has 7 nitrogen and oxygen atoms in total. The Morgan fingerprint density at radius 3 is 2.09 bits per heavy atom. The van der Waals surface area contributed by atoms with Crippen LogP contribution in [-0.2, 0) is 14.3 Å². The van der Waals surface area contributed by atoms with Crippen LogP contribution in [0.3, 0.4) is 0 Å². The van der Waals surface area contributed by atoms with E-state index in [1.54, 1.807) is 0 Å². The zero-order chi connectivity index (χ0) is 23.8. The van der Waals surface area contributed by atoms with E-state index in [4.69, 9.17) is 4.74 Å². The third-order valence-corrected chi connectivity index (χ3v) is 7.68. The van der Waals surface area contributed by atoms with E-state index in [2.05, 4.69) is 29.6 Å². The molecular weight excluding hydrogens is 432 g/mol. The van der Waals surface area contributed by atoms with Crippen LogP contribution < -0.4 is 5.32 Å². The van der Waals surface area contributed by atoms with Crippen molar-refractivity contribution in [3.63, 3.8) is 0 Å². The van der Waals surface area contributed by atoms with E-state index in [0.717, 1.165) is 35.1 Å². The number of carboxylic acids is 1. The van der Waals surface area contributed by atoms with Gasteiger partial charge in [-0.05, 0) is 54.4 Å². The predicted molar refractivity (Wildman–Crippen MR) is 126 cm³/mol. The molecule has 1 aliphatic carbocycles. The zero-order valence-electron chi connectivity index (χ0n) is 19.3. The molecule has 2 saturated heterocycles. The second-order valence-corrected chi connectivity index (χ2v) is 9.57. The summed E-state index contributed by atoms with van der Waals surface area (Å²) in [6.07, 6.45) is 2.46. The largest absolute Gasteiger partial charge is 0.481 e. The minimum Gasteiger partial charge on any atom is -0.481 e. The van der Waals surface area contributed by atoms with E-state index in [9.17, 15) is 19.5 Å². The summed E-state index contributed by atoms with van der Waals surface area (Å²) in [7, 11) is 0. The highest BCUT2D eigenvalue weighted by Gasteiger charge is 2.46. The first-order valence-corrected chi connectivity index (χ1v) is 12.1. The number of nitrogens with one attached hydrogen (secondary N) is 1. The summed E-state index contributed by atoms with van der Waals surface area (Å²) >= 11 is 0. The molecule has 2 amide bonds. The number of piperidine rings is 1. The van der Waals surface area contributed by atoms with Crippen LogP contribution in [0.2, 0.25) is 0 Å². The van der Waals surface area contributed by atoms with Crippen LogP contribution in [-0.4, -0.2) is 52.7 Å². The first kappa shape index (κ1) is 22.4. The van der Waals surface area contributed by atoms with Gasteiger partial charge >= 0.3 is 12.1 Å². The molecule has 34 heavy (non-hydrogen) atoms. The van der Waals surface area contributed by atoms with Crippen LogP contribution in [0.4, 0.5) is 4.79 Å². The lowest BCUT2D eigenvalue weighted by atomic mass is 9.90.